The Labute approximate surface area is 206 Å². The minimum absolute atomic E-state index is 0.615. The van der Waals surface area contributed by atoms with Crippen molar-refractivity contribution in [2.75, 3.05) is 0 Å². The zero-order valence-corrected chi connectivity index (χ0v) is 19.9. The van der Waals surface area contributed by atoms with Crippen LogP contribution in [0.4, 0.5) is 0 Å². The number of aliphatic hydroxyl groups is 1. The molecule has 1 atom stereocenters. The first-order valence-electron chi connectivity index (χ1n) is 11.2. The second-order valence-corrected chi connectivity index (χ2v) is 9.35. The van der Waals surface area contributed by atoms with Crippen molar-refractivity contribution < 1.29 is 9.84 Å². The van der Waals surface area contributed by atoms with Crippen molar-refractivity contribution in [3.63, 3.8) is 0 Å². The van der Waals surface area contributed by atoms with Crippen molar-refractivity contribution >= 4 is 38.9 Å². The first-order chi connectivity index (χ1) is 16.6. The number of ether oxygens (including phenoxy) is 1. The van der Waals surface area contributed by atoms with Crippen molar-refractivity contribution in [3.05, 3.63) is 141 Å². The average molecular weight is 505 g/mol. The monoisotopic (exact) mass is 504 g/mol. The number of halogens is 1. The zero-order chi connectivity index (χ0) is 23.1. The summed E-state index contributed by atoms with van der Waals surface area (Å²) in [6.45, 7) is 0. The fourth-order valence-electron chi connectivity index (χ4n) is 4.83. The molecule has 1 aliphatic rings. The van der Waals surface area contributed by atoms with Crippen LogP contribution in [0.25, 0.3) is 22.9 Å². The maximum absolute atomic E-state index is 12.7. The van der Waals surface area contributed by atoms with Crippen LogP contribution in [-0.2, 0) is 5.60 Å². The molecule has 0 aliphatic heterocycles. The van der Waals surface area contributed by atoms with E-state index in [4.69, 9.17) is 4.74 Å². The Kier molecular flexibility index (Phi) is 5.09. The van der Waals surface area contributed by atoms with Crippen LogP contribution in [0.5, 0.6) is 11.5 Å². The van der Waals surface area contributed by atoms with E-state index in [2.05, 4.69) is 46.3 Å². The summed E-state index contributed by atoms with van der Waals surface area (Å²) in [4.78, 5) is 0. The normalized spacial score (nSPS) is 16.5. The molecule has 6 rings (SSSR count). The van der Waals surface area contributed by atoms with E-state index in [9.17, 15) is 5.11 Å². The third kappa shape index (κ3) is 3.37. The SMILES string of the molecule is OC1(c2ccccc2Oc2cccc3ccccc23)c2ccccc2C=Cc2ccc(Br)cc21. The Bertz CT molecular complexity index is 1560. The lowest BCUT2D eigenvalue weighted by atomic mass is 9.77. The van der Waals surface area contributed by atoms with E-state index >= 15 is 0 Å². The van der Waals surface area contributed by atoms with Crippen molar-refractivity contribution in [1.82, 2.24) is 0 Å². The molecule has 5 aromatic rings. The largest absolute Gasteiger partial charge is 0.456 e. The molecule has 1 unspecified atom stereocenters. The molecule has 0 amide bonds. The molecule has 34 heavy (non-hydrogen) atoms. The van der Waals surface area contributed by atoms with Gasteiger partial charge in [-0.25, -0.2) is 0 Å². The van der Waals surface area contributed by atoms with Crippen molar-refractivity contribution in [1.29, 1.82) is 0 Å². The smallest absolute Gasteiger partial charge is 0.145 e. The molecule has 1 aliphatic carbocycles. The van der Waals surface area contributed by atoms with Gasteiger partial charge in [0.1, 0.15) is 17.1 Å². The second kappa shape index (κ2) is 8.28. The molecular formula is C31H21BrO2. The highest BCUT2D eigenvalue weighted by Crippen LogP contribution is 2.47. The highest BCUT2D eigenvalue weighted by Gasteiger charge is 2.40. The predicted molar refractivity (Wildman–Crippen MR) is 142 cm³/mol. The first kappa shape index (κ1) is 20.9. The summed E-state index contributed by atoms with van der Waals surface area (Å²) >= 11 is 3.61. The minimum Gasteiger partial charge on any atom is -0.456 e. The molecular weight excluding hydrogens is 484 g/mol. The Morgan fingerprint density at radius 2 is 1.24 bits per heavy atom. The summed E-state index contributed by atoms with van der Waals surface area (Å²) in [6, 6.07) is 36.0. The van der Waals surface area contributed by atoms with Gasteiger partial charge in [-0.1, -0.05) is 113 Å². The van der Waals surface area contributed by atoms with E-state index in [0.29, 0.717) is 11.3 Å². The zero-order valence-electron chi connectivity index (χ0n) is 18.3. The molecule has 0 saturated heterocycles. The summed E-state index contributed by atoms with van der Waals surface area (Å²) in [5, 5.41) is 14.8. The standard InChI is InChI=1S/C31H21BrO2/c32-24-19-18-23-17-16-22-9-2-4-12-26(22)31(33,28(23)20-24)27-13-5-6-14-30(27)34-29-15-7-10-21-8-1-3-11-25(21)29/h1-20,33H. The topological polar surface area (TPSA) is 29.5 Å². The Hall–Kier alpha value is -3.66. The minimum atomic E-state index is -1.42. The van der Waals surface area contributed by atoms with E-state index < -0.39 is 5.60 Å². The number of hydrogen-bond acceptors (Lipinski definition) is 2. The van der Waals surface area contributed by atoms with Crippen LogP contribution in [0.15, 0.2) is 114 Å². The Morgan fingerprint density at radius 3 is 2.12 bits per heavy atom. The van der Waals surface area contributed by atoms with Gasteiger partial charge in [0.15, 0.2) is 0 Å². The number of fused-ring (bicyclic) bond motifs is 3. The molecule has 0 bridgehead atoms. The molecule has 0 saturated carbocycles. The van der Waals surface area contributed by atoms with Gasteiger partial charge in [-0.3, -0.25) is 0 Å². The average Bonchev–Trinajstić information content (AvgIpc) is 3.00. The number of benzene rings is 5. The fraction of sp³-hybridized carbons (Fsp3) is 0.0323. The predicted octanol–water partition coefficient (Wildman–Crippen LogP) is 8.16. The maximum atomic E-state index is 12.7. The molecule has 0 heterocycles. The molecule has 0 aromatic heterocycles. The lowest BCUT2D eigenvalue weighted by Gasteiger charge is -2.33. The van der Waals surface area contributed by atoms with Gasteiger partial charge in [0.2, 0.25) is 0 Å². The molecule has 1 N–H and O–H groups in total. The van der Waals surface area contributed by atoms with E-state index in [1.165, 1.54) is 0 Å². The lowest BCUT2D eigenvalue weighted by Crippen LogP contribution is -2.30. The van der Waals surface area contributed by atoms with Crippen LogP contribution in [0.1, 0.15) is 27.8 Å². The van der Waals surface area contributed by atoms with Gasteiger partial charge in [-0.05, 0) is 46.3 Å². The lowest BCUT2D eigenvalue weighted by molar-refractivity contribution is 0.122. The Balaban J connectivity index is 1.60. The molecule has 5 aromatic carbocycles. The fourth-order valence-corrected chi connectivity index (χ4v) is 5.19. The van der Waals surface area contributed by atoms with Crippen LogP contribution >= 0.6 is 15.9 Å². The van der Waals surface area contributed by atoms with E-state index in [1.807, 2.05) is 91.0 Å². The van der Waals surface area contributed by atoms with Gasteiger partial charge in [0.05, 0.1) is 0 Å². The van der Waals surface area contributed by atoms with E-state index in [1.54, 1.807) is 0 Å². The van der Waals surface area contributed by atoms with Gasteiger partial charge in [0.25, 0.3) is 0 Å². The van der Waals surface area contributed by atoms with Crippen LogP contribution in [0.2, 0.25) is 0 Å². The highest BCUT2D eigenvalue weighted by atomic mass is 79.9. The molecule has 0 spiro atoms. The summed E-state index contributed by atoms with van der Waals surface area (Å²) in [6.07, 6.45) is 4.13. The molecule has 2 nitrogen and oxygen atoms in total. The van der Waals surface area contributed by atoms with Gasteiger partial charge in [-0.2, -0.15) is 0 Å². The second-order valence-electron chi connectivity index (χ2n) is 8.44. The summed E-state index contributed by atoms with van der Waals surface area (Å²) in [5.41, 5.74) is 2.83. The van der Waals surface area contributed by atoms with Gasteiger partial charge < -0.3 is 9.84 Å². The Morgan fingerprint density at radius 1 is 0.588 bits per heavy atom. The first-order valence-corrected chi connectivity index (χ1v) is 12.0. The molecule has 0 radical (unpaired) electrons. The van der Waals surface area contributed by atoms with E-state index in [0.717, 1.165) is 43.2 Å². The molecule has 0 fully saturated rings. The molecule has 3 heteroatoms. The quantitative estimate of drug-likeness (QED) is 0.268. The number of rotatable bonds is 3. The van der Waals surface area contributed by atoms with Crippen LogP contribution in [0.3, 0.4) is 0 Å². The third-order valence-electron chi connectivity index (χ3n) is 6.44. The van der Waals surface area contributed by atoms with Gasteiger partial charge in [-0.15, -0.1) is 0 Å². The van der Waals surface area contributed by atoms with E-state index in [-0.39, 0.29) is 0 Å². The van der Waals surface area contributed by atoms with Crippen LogP contribution in [-0.4, -0.2) is 5.11 Å². The summed E-state index contributed by atoms with van der Waals surface area (Å²) < 4.78 is 7.46. The van der Waals surface area contributed by atoms with Gasteiger partial charge in [0, 0.05) is 21.0 Å². The van der Waals surface area contributed by atoms with Gasteiger partial charge >= 0.3 is 0 Å². The highest BCUT2D eigenvalue weighted by molar-refractivity contribution is 9.10. The summed E-state index contributed by atoms with van der Waals surface area (Å²) in [5.74, 6) is 1.37. The number of para-hydroxylation sites is 1. The van der Waals surface area contributed by atoms with Crippen molar-refractivity contribution in [2.45, 2.75) is 5.60 Å². The van der Waals surface area contributed by atoms with Crippen LogP contribution in [0, 0.1) is 0 Å². The summed E-state index contributed by atoms with van der Waals surface area (Å²) in [7, 11) is 0. The van der Waals surface area contributed by atoms with Crippen molar-refractivity contribution in [3.8, 4) is 11.5 Å². The third-order valence-corrected chi connectivity index (χ3v) is 6.94. The van der Waals surface area contributed by atoms with Crippen LogP contribution < -0.4 is 4.74 Å². The number of hydrogen-bond donors (Lipinski definition) is 1. The van der Waals surface area contributed by atoms with Crippen molar-refractivity contribution in [2.24, 2.45) is 0 Å². The maximum Gasteiger partial charge on any atom is 0.145 e. The molecule has 164 valence electrons.